The van der Waals surface area contributed by atoms with Crippen molar-refractivity contribution in [1.29, 1.82) is 0 Å². The van der Waals surface area contributed by atoms with Crippen LogP contribution < -0.4 is 10.1 Å². The summed E-state index contributed by atoms with van der Waals surface area (Å²) in [4.78, 5) is 21.5. The van der Waals surface area contributed by atoms with Crippen LogP contribution in [0.3, 0.4) is 0 Å². The Labute approximate surface area is 91.4 Å². The fraction of sp³-hybridized carbons (Fsp3) is 0.300. The van der Waals surface area contributed by atoms with E-state index in [9.17, 15) is 14.9 Å². The predicted octanol–water partition coefficient (Wildman–Crippen LogP) is 1.54. The number of benzene rings is 1. The van der Waals surface area contributed by atoms with Crippen molar-refractivity contribution in [3.05, 3.63) is 27.3 Å². The van der Waals surface area contributed by atoms with E-state index in [2.05, 4.69) is 5.32 Å². The maximum absolute atomic E-state index is 11.1. The van der Waals surface area contributed by atoms with E-state index in [-0.39, 0.29) is 18.2 Å². The Morgan fingerprint density at radius 3 is 2.81 bits per heavy atom. The highest BCUT2D eigenvalue weighted by molar-refractivity contribution is 5.97. The van der Waals surface area contributed by atoms with Gasteiger partial charge in [0.25, 0.3) is 11.6 Å². The molecule has 0 radical (unpaired) electrons. The lowest BCUT2D eigenvalue weighted by Crippen LogP contribution is -2.26. The van der Waals surface area contributed by atoms with Gasteiger partial charge in [-0.25, -0.2) is 0 Å². The number of nitrogens with one attached hydrogen (secondary N) is 1. The summed E-state index contributed by atoms with van der Waals surface area (Å²) in [5.74, 6) is 0.189. The molecule has 0 saturated carbocycles. The zero-order chi connectivity index (χ0) is 11.9. The number of fused-ring (bicyclic) bond motifs is 1. The lowest BCUT2D eigenvalue weighted by molar-refractivity contribution is -0.386. The van der Waals surface area contributed by atoms with Crippen LogP contribution in [0, 0.1) is 24.0 Å². The average Bonchev–Trinajstić information content (AvgIpc) is 2.19. The first kappa shape index (κ1) is 10.4. The summed E-state index contributed by atoms with van der Waals surface area (Å²) < 4.78 is 5.20. The summed E-state index contributed by atoms with van der Waals surface area (Å²) in [5, 5.41) is 13.4. The minimum Gasteiger partial charge on any atom is -0.482 e. The molecule has 1 amide bonds. The molecule has 0 spiro atoms. The maximum atomic E-state index is 11.1. The third-order valence-electron chi connectivity index (χ3n) is 2.50. The molecule has 6 nitrogen and oxygen atoms in total. The number of nitrogens with zero attached hydrogens (tertiary/aromatic N) is 1. The van der Waals surface area contributed by atoms with E-state index < -0.39 is 4.92 Å². The van der Waals surface area contributed by atoms with Crippen LogP contribution in [0.4, 0.5) is 11.4 Å². The second kappa shape index (κ2) is 3.48. The molecule has 0 unspecified atom stereocenters. The second-order valence-electron chi connectivity index (χ2n) is 3.63. The number of hydrogen-bond donors (Lipinski definition) is 1. The molecule has 0 atom stereocenters. The van der Waals surface area contributed by atoms with Gasteiger partial charge in [-0.3, -0.25) is 14.9 Å². The van der Waals surface area contributed by atoms with Gasteiger partial charge < -0.3 is 10.1 Å². The highest BCUT2D eigenvalue weighted by Gasteiger charge is 2.26. The number of nitro benzene ring substituents is 1. The van der Waals surface area contributed by atoms with Crippen molar-refractivity contribution >= 4 is 17.3 Å². The Morgan fingerprint density at radius 1 is 1.50 bits per heavy atom. The molecule has 84 valence electrons. The molecule has 1 aromatic carbocycles. The van der Waals surface area contributed by atoms with Crippen LogP contribution in [0.25, 0.3) is 0 Å². The van der Waals surface area contributed by atoms with Crippen molar-refractivity contribution in [3.8, 4) is 5.75 Å². The van der Waals surface area contributed by atoms with E-state index in [0.29, 0.717) is 22.6 Å². The van der Waals surface area contributed by atoms with Crippen LogP contribution in [-0.4, -0.2) is 17.4 Å². The van der Waals surface area contributed by atoms with Crippen molar-refractivity contribution in [2.24, 2.45) is 0 Å². The standard InChI is InChI=1S/C10H10N2O4/c1-5-3-7-9(11-8(13)4-16-7)6(2)10(5)12(14)15/h3H,4H2,1-2H3,(H,11,13). The van der Waals surface area contributed by atoms with Crippen LogP contribution in [0.5, 0.6) is 5.75 Å². The molecule has 6 heteroatoms. The molecule has 2 rings (SSSR count). The van der Waals surface area contributed by atoms with Gasteiger partial charge in [-0.05, 0) is 19.9 Å². The molecule has 0 aliphatic carbocycles. The van der Waals surface area contributed by atoms with Gasteiger partial charge in [0.2, 0.25) is 0 Å². The lowest BCUT2D eigenvalue weighted by atomic mass is 10.1. The summed E-state index contributed by atoms with van der Waals surface area (Å²) >= 11 is 0. The Balaban J connectivity index is 2.65. The number of aryl methyl sites for hydroxylation is 1. The normalized spacial score (nSPS) is 13.8. The fourth-order valence-electron chi connectivity index (χ4n) is 1.81. The lowest BCUT2D eigenvalue weighted by Gasteiger charge is -2.20. The van der Waals surface area contributed by atoms with Gasteiger partial charge in [-0.2, -0.15) is 0 Å². The van der Waals surface area contributed by atoms with Crippen LogP contribution in [0.2, 0.25) is 0 Å². The molecule has 1 heterocycles. The number of ether oxygens (including phenoxy) is 1. The predicted molar refractivity (Wildman–Crippen MR) is 56.7 cm³/mol. The summed E-state index contributed by atoms with van der Waals surface area (Å²) in [7, 11) is 0. The summed E-state index contributed by atoms with van der Waals surface area (Å²) in [5.41, 5.74) is 1.36. The Hall–Kier alpha value is -2.11. The van der Waals surface area contributed by atoms with E-state index in [1.165, 1.54) is 0 Å². The molecule has 0 fully saturated rings. The van der Waals surface area contributed by atoms with Gasteiger partial charge in [-0.1, -0.05) is 0 Å². The van der Waals surface area contributed by atoms with Gasteiger partial charge in [-0.15, -0.1) is 0 Å². The van der Waals surface area contributed by atoms with E-state index in [0.717, 1.165) is 0 Å². The number of amides is 1. The SMILES string of the molecule is Cc1cc2c(c(C)c1[N+](=O)[O-])NC(=O)CO2. The highest BCUT2D eigenvalue weighted by atomic mass is 16.6. The molecule has 16 heavy (non-hydrogen) atoms. The maximum Gasteiger partial charge on any atom is 0.277 e. The van der Waals surface area contributed by atoms with E-state index >= 15 is 0 Å². The zero-order valence-corrected chi connectivity index (χ0v) is 8.86. The van der Waals surface area contributed by atoms with Crippen molar-refractivity contribution in [2.75, 3.05) is 11.9 Å². The van der Waals surface area contributed by atoms with E-state index in [4.69, 9.17) is 4.74 Å². The van der Waals surface area contributed by atoms with Crippen molar-refractivity contribution < 1.29 is 14.5 Å². The number of rotatable bonds is 1. The van der Waals surface area contributed by atoms with E-state index in [1.807, 2.05) is 0 Å². The molecule has 1 aliphatic heterocycles. The third kappa shape index (κ3) is 1.48. The number of anilines is 1. The monoisotopic (exact) mass is 222 g/mol. The Bertz CT molecular complexity index is 496. The molecule has 1 N–H and O–H groups in total. The molecule has 1 aromatic rings. The van der Waals surface area contributed by atoms with Gasteiger partial charge >= 0.3 is 0 Å². The van der Waals surface area contributed by atoms with Gasteiger partial charge in [0.05, 0.1) is 16.2 Å². The van der Waals surface area contributed by atoms with Crippen LogP contribution >= 0.6 is 0 Å². The molecule has 0 bridgehead atoms. The smallest absolute Gasteiger partial charge is 0.277 e. The van der Waals surface area contributed by atoms with Crippen LogP contribution in [0.1, 0.15) is 11.1 Å². The molecule has 0 saturated heterocycles. The Morgan fingerprint density at radius 2 is 2.19 bits per heavy atom. The number of nitro groups is 1. The Kier molecular flexibility index (Phi) is 2.26. The fourth-order valence-corrected chi connectivity index (χ4v) is 1.81. The van der Waals surface area contributed by atoms with Gasteiger partial charge in [0, 0.05) is 5.56 Å². The minimum absolute atomic E-state index is 0.0181. The summed E-state index contributed by atoms with van der Waals surface area (Å²) in [6, 6.07) is 1.57. The van der Waals surface area contributed by atoms with E-state index in [1.54, 1.807) is 19.9 Å². The first-order valence-electron chi connectivity index (χ1n) is 4.72. The first-order valence-corrected chi connectivity index (χ1v) is 4.72. The third-order valence-corrected chi connectivity index (χ3v) is 2.50. The highest BCUT2D eigenvalue weighted by Crippen LogP contribution is 2.38. The van der Waals surface area contributed by atoms with Gasteiger partial charge in [0.1, 0.15) is 5.75 Å². The quantitative estimate of drug-likeness (QED) is 0.577. The summed E-state index contributed by atoms with van der Waals surface area (Å²) in [6.45, 7) is 3.19. The van der Waals surface area contributed by atoms with Crippen molar-refractivity contribution in [3.63, 3.8) is 0 Å². The summed E-state index contributed by atoms with van der Waals surface area (Å²) in [6.07, 6.45) is 0. The zero-order valence-electron chi connectivity index (χ0n) is 8.86. The molecular formula is C10H10N2O4. The first-order chi connectivity index (χ1) is 7.50. The van der Waals surface area contributed by atoms with Gasteiger partial charge in [0.15, 0.2) is 6.61 Å². The number of hydrogen-bond acceptors (Lipinski definition) is 4. The molecule has 0 aromatic heterocycles. The van der Waals surface area contributed by atoms with Crippen LogP contribution in [0.15, 0.2) is 6.07 Å². The largest absolute Gasteiger partial charge is 0.482 e. The van der Waals surface area contributed by atoms with Crippen molar-refractivity contribution in [2.45, 2.75) is 13.8 Å². The van der Waals surface area contributed by atoms with Crippen LogP contribution in [-0.2, 0) is 4.79 Å². The number of carbonyl (C=O) groups is 1. The molecular weight excluding hydrogens is 212 g/mol. The minimum atomic E-state index is -0.453. The topological polar surface area (TPSA) is 81.5 Å². The second-order valence-corrected chi connectivity index (χ2v) is 3.63. The van der Waals surface area contributed by atoms with Crippen molar-refractivity contribution in [1.82, 2.24) is 0 Å². The molecule has 1 aliphatic rings. The number of carbonyl (C=O) groups excluding carboxylic acids is 1. The average molecular weight is 222 g/mol.